The zero-order valence-electron chi connectivity index (χ0n) is 17.6. The molecule has 1 unspecified atom stereocenters. The standard InChI is InChI=1S/C20H27ClN6O3S/c1-12(13-5-3-4-6-13)19-14(9-22)18(21)16-10-23-20(25-27(16)19)24-15-7-8-26(11-17(15)28)31(2,29)30/h10,12-13,15,17,28H,3-8,11H2,1-2H3,(H,24,25)/t12?,15-,17-/m1/s1. The Morgan fingerprint density at radius 2 is 2.06 bits per heavy atom. The van der Waals surface area contributed by atoms with Crippen LogP contribution in [0.1, 0.15) is 56.2 Å². The van der Waals surface area contributed by atoms with Gasteiger partial charge in [0.15, 0.2) is 0 Å². The molecular formula is C20H27ClN6O3S. The number of nitrogens with zero attached hydrogens (tertiary/aromatic N) is 5. The van der Waals surface area contributed by atoms with Crippen molar-refractivity contribution in [1.82, 2.24) is 18.9 Å². The first-order valence-electron chi connectivity index (χ1n) is 10.6. The number of rotatable bonds is 5. The number of hydrogen-bond donors (Lipinski definition) is 2. The van der Waals surface area contributed by atoms with Crippen molar-refractivity contribution in [3.8, 4) is 6.07 Å². The number of β-amino-alcohol motifs (C(OH)–C–C–N with tert-alkyl or cyclic N) is 1. The summed E-state index contributed by atoms with van der Waals surface area (Å²) in [5.41, 5.74) is 1.82. The van der Waals surface area contributed by atoms with Crippen LogP contribution in [0.15, 0.2) is 6.20 Å². The largest absolute Gasteiger partial charge is 0.390 e. The Labute approximate surface area is 187 Å². The fraction of sp³-hybridized carbons (Fsp3) is 0.650. The molecule has 0 radical (unpaired) electrons. The average molecular weight is 467 g/mol. The molecule has 0 bridgehead atoms. The third kappa shape index (κ3) is 4.24. The molecule has 9 nitrogen and oxygen atoms in total. The Balaban J connectivity index is 1.63. The van der Waals surface area contributed by atoms with Crippen molar-refractivity contribution >= 4 is 33.1 Å². The zero-order valence-corrected chi connectivity index (χ0v) is 19.2. The highest BCUT2D eigenvalue weighted by Gasteiger charge is 2.33. The molecule has 4 rings (SSSR count). The van der Waals surface area contributed by atoms with Gasteiger partial charge in [-0.25, -0.2) is 17.9 Å². The first kappa shape index (κ1) is 22.3. The summed E-state index contributed by atoms with van der Waals surface area (Å²) in [6, 6.07) is 1.86. The van der Waals surface area contributed by atoms with Gasteiger partial charge in [0.25, 0.3) is 0 Å². The van der Waals surface area contributed by atoms with Gasteiger partial charge in [-0.2, -0.15) is 9.57 Å². The molecule has 31 heavy (non-hydrogen) atoms. The van der Waals surface area contributed by atoms with Gasteiger partial charge in [-0.05, 0) is 25.2 Å². The molecule has 0 aromatic carbocycles. The van der Waals surface area contributed by atoms with E-state index in [4.69, 9.17) is 11.6 Å². The summed E-state index contributed by atoms with van der Waals surface area (Å²) in [5, 5.41) is 28.3. The lowest BCUT2D eigenvalue weighted by atomic mass is 9.88. The lowest BCUT2D eigenvalue weighted by Crippen LogP contribution is -2.51. The second kappa shape index (κ2) is 8.54. The van der Waals surface area contributed by atoms with Crippen molar-refractivity contribution < 1.29 is 13.5 Å². The molecule has 2 aromatic rings. The molecule has 0 amide bonds. The number of anilines is 1. The fourth-order valence-corrected chi connectivity index (χ4v) is 5.97. The van der Waals surface area contributed by atoms with Crippen molar-refractivity contribution in [2.45, 2.75) is 57.1 Å². The fourth-order valence-electron chi connectivity index (χ4n) is 4.84. The molecule has 3 atom stereocenters. The van der Waals surface area contributed by atoms with Crippen LogP contribution in [0.2, 0.25) is 5.02 Å². The predicted octanol–water partition coefficient (Wildman–Crippen LogP) is 2.35. The van der Waals surface area contributed by atoms with Gasteiger partial charge in [0.2, 0.25) is 16.0 Å². The number of hydrogen-bond acceptors (Lipinski definition) is 7. The molecule has 0 spiro atoms. The molecule has 3 heterocycles. The van der Waals surface area contributed by atoms with Gasteiger partial charge in [0.05, 0.1) is 40.9 Å². The van der Waals surface area contributed by atoms with Gasteiger partial charge in [0, 0.05) is 19.0 Å². The number of aliphatic hydroxyl groups is 1. The Hall–Kier alpha value is -1.93. The van der Waals surface area contributed by atoms with Gasteiger partial charge in [0.1, 0.15) is 11.6 Å². The molecule has 11 heteroatoms. The number of fused-ring (bicyclic) bond motifs is 1. The van der Waals surface area contributed by atoms with Crippen LogP contribution in [0.3, 0.4) is 0 Å². The number of nitriles is 1. The Morgan fingerprint density at radius 3 is 2.68 bits per heavy atom. The smallest absolute Gasteiger partial charge is 0.241 e. The highest BCUT2D eigenvalue weighted by Crippen LogP contribution is 2.41. The van der Waals surface area contributed by atoms with E-state index in [1.165, 1.54) is 17.1 Å². The van der Waals surface area contributed by atoms with E-state index >= 15 is 0 Å². The van der Waals surface area contributed by atoms with Gasteiger partial charge in [-0.1, -0.05) is 31.4 Å². The number of nitrogens with one attached hydrogen (secondary N) is 1. The Kier molecular flexibility index (Phi) is 6.14. The van der Waals surface area contributed by atoms with Gasteiger partial charge < -0.3 is 10.4 Å². The second-order valence-electron chi connectivity index (χ2n) is 8.63. The molecule has 1 saturated carbocycles. The SMILES string of the molecule is CC(c1c(C#N)c(Cl)c2cnc(N[C@@H]3CCN(S(C)(=O)=O)C[C@H]3O)nn12)C1CCCC1. The van der Waals surface area contributed by atoms with Gasteiger partial charge >= 0.3 is 0 Å². The van der Waals surface area contributed by atoms with E-state index in [0.29, 0.717) is 40.9 Å². The van der Waals surface area contributed by atoms with E-state index in [0.717, 1.165) is 24.8 Å². The highest BCUT2D eigenvalue weighted by molar-refractivity contribution is 7.88. The molecule has 1 saturated heterocycles. The van der Waals surface area contributed by atoms with Crippen LogP contribution in [0.4, 0.5) is 5.95 Å². The molecule has 2 N–H and O–H groups in total. The minimum Gasteiger partial charge on any atom is -0.390 e. The Morgan fingerprint density at radius 1 is 1.35 bits per heavy atom. The van der Waals surface area contributed by atoms with Gasteiger partial charge in [-0.15, -0.1) is 5.10 Å². The number of aliphatic hydroxyl groups excluding tert-OH is 1. The molecular weight excluding hydrogens is 440 g/mol. The third-order valence-corrected chi connectivity index (χ3v) is 8.29. The molecule has 1 aliphatic heterocycles. The van der Waals surface area contributed by atoms with E-state index < -0.39 is 16.1 Å². The maximum Gasteiger partial charge on any atom is 0.241 e. The normalized spacial score (nSPS) is 24.4. The predicted molar refractivity (Wildman–Crippen MR) is 118 cm³/mol. The second-order valence-corrected chi connectivity index (χ2v) is 11.0. The van der Waals surface area contributed by atoms with E-state index in [9.17, 15) is 18.8 Å². The molecule has 2 fully saturated rings. The zero-order chi connectivity index (χ0) is 22.3. The van der Waals surface area contributed by atoms with E-state index in [1.807, 2.05) is 0 Å². The summed E-state index contributed by atoms with van der Waals surface area (Å²) < 4.78 is 26.5. The van der Waals surface area contributed by atoms with Gasteiger partial charge in [-0.3, -0.25) is 0 Å². The first-order chi connectivity index (χ1) is 14.7. The van der Waals surface area contributed by atoms with Crippen LogP contribution < -0.4 is 5.32 Å². The number of sulfonamides is 1. The summed E-state index contributed by atoms with van der Waals surface area (Å²) in [7, 11) is -3.35. The maximum atomic E-state index is 11.7. The van der Waals surface area contributed by atoms with Crippen molar-refractivity contribution in [3.05, 3.63) is 22.5 Å². The summed E-state index contributed by atoms with van der Waals surface area (Å²) in [6.45, 7) is 2.46. The van der Waals surface area contributed by atoms with Crippen LogP contribution >= 0.6 is 11.6 Å². The van der Waals surface area contributed by atoms with E-state index in [2.05, 4.69) is 28.4 Å². The summed E-state index contributed by atoms with van der Waals surface area (Å²) in [5.74, 6) is 0.915. The first-order valence-corrected chi connectivity index (χ1v) is 12.8. The van der Waals surface area contributed by atoms with Crippen LogP contribution in [0.5, 0.6) is 0 Å². The quantitative estimate of drug-likeness (QED) is 0.693. The van der Waals surface area contributed by atoms with E-state index in [-0.39, 0.29) is 18.5 Å². The maximum absolute atomic E-state index is 11.7. The summed E-state index contributed by atoms with van der Waals surface area (Å²) in [4.78, 5) is 4.33. The molecule has 168 valence electrons. The van der Waals surface area contributed by atoms with Crippen molar-refractivity contribution in [2.24, 2.45) is 5.92 Å². The van der Waals surface area contributed by atoms with Crippen LogP contribution in [0.25, 0.3) is 5.52 Å². The number of piperidine rings is 1. The minimum atomic E-state index is -3.35. The monoisotopic (exact) mass is 466 g/mol. The summed E-state index contributed by atoms with van der Waals surface area (Å²) >= 11 is 6.49. The number of aromatic nitrogens is 3. The highest BCUT2D eigenvalue weighted by atomic mass is 35.5. The van der Waals surface area contributed by atoms with E-state index in [1.54, 1.807) is 10.7 Å². The molecule has 1 aliphatic carbocycles. The molecule has 2 aromatic heterocycles. The van der Waals surface area contributed by atoms with Crippen LogP contribution in [0, 0.1) is 17.2 Å². The lowest BCUT2D eigenvalue weighted by Gasteiger charge is -2.34. The topological polar surface area (TPSA) is 124 Å². The van der Waals surface area contributed by atoms with Crippen LogP contribution in [-0.2, 0) is 10.0 Å². The minimum absolute atomic E-state index is 0.0244. The average Bonchev–Trinajstić information content (AvgIpc) is 3.35. The lowest BCUT2D eigenvalue weighted by molar-refractivity contribution is 0.0950. The van der Waals surface area contributed by atoms with Crippen molar-refractivity contribution in [1.29, 1.82) is 5.26 Å². The van der Waals surface area contributed by atoms with Crippen molar-refractivity contribution in [3.63, 3.8) is 0 Å². The number of halogens is 1. The van der Waals surface area contributed by atoms with Crippen LogP contribution in [-0.4, -0.2) is 63.9 Å². The van der Waals surface area contributed by atoms with Crippen molar-refractivity contribution in [2.75, 3.05) is 24.7 Å². The third-order valence-electron chi connectivity index (χ3n) is 6.64. The Bertz CT molecular complexity index is 1120. The summed E-state index contributed by atoms with van der Waals surface area (Å²) in [6.07, 6.45) is 6.90. The molecule has 2 aliphatic rings.